The van der Waals surface area contributed by atoms with E-state index in [0.29, 0.717) is 12.1 Å². The van der Waals surface area contributed by atoms with Crippen molar-refractivity contribution in [3.8, 4) is 0 Å². The van der Waals surface area contributed by atoms with E-state index in [1.807, 2.05) is 0 Å². The van der Waals surface area contributed by atoms with Gasteiger partial charge in [0.25, 0.3) is 0 Å². The number of methoxy groups -OCH3 is 1. The number of ether oxygens (including phenoxy) is 2. The molecule has 2 N–H and O–H groups in total. The molecule has 0 aromatic carbocycles. The summed E-state index contributed by atoms with van der Waals surface area (Å²) in [5, 5.41) is 0. The first-order valence-electron chi connectivity index (χ1n) is 4.66. The van der Waals surface area contributed by atoms with Crippen molar-refractivity contribution >= 4 is 0 Å². The van der Waals surface area contributed by atoms with Gasteiger partial charge in [0.15, 0.2) is 0 Å². The minimum atomic E-state index is 0.0956. The first-order chi connectivity index (χ1) is 5.74. The van der Waals surface area contributed by atoms with E-state index in [-0.39, 0.29) is 5.60 Å². The Morgan fingerprint density at radius 3 is 2.75 bits per heavy atom. The van der Waals surface area contributed by atoms with Gasteiger partial charge in [-0.3, -0.25) is 0 Å². The minimum absolute atomic E-state index is 0.0956. The lowest BCUT2D eigenvalue weighted by molar-refractivity contribution is -0.186. The first kappa shape index (κ1) is 8.48. The standard InChI is InChI=1S/C9H17NO2/c1-11-8-5-9(6-8)4-7(10)2-3-12-9/h7-8H,2-6,10H2,1H3. The smallest absolute Gasteiger partial charge is 0.0746 e. The van der Waals surface area contributed by atoms with Gasteiger partial charge in [0.1, 0.15) is 0 Å². The normalized spacial score (nSPS) is 47.5. The molecule has 1 saturated carbocycles. The molecule has 1 spiro atoms. The first-order valence-corrected chi connectivity index (χ1v) is 4.66. The number of rotatable bonds is 1. The molecule has 1 unspecified atom stereocenters. The topological polar surface area (TPSA) is 44.5 Å². The van der Waals surface area contributed by atoms with Gasteiger partial charge >= 0.3 is 0 Å². The Hall–Kier alpha value is -0.120. The predicted octanol–water partition coefficient (Wildman–Crippen LogP) is 0.672. The van der Waals surface area contributed by atoms with Crippen LogP contribution < -0.4 is 5.73 Å². The van der Waals surface area contributed by atoms with Gasteiger partial charge in [0.2, 0.25) is 0 Å². The summed E-state index contributed by atoms with van der Waals surface area (Å²) < 4.78 is 11.0. The lowest BCUT2D eigenvalue weighted by atomic mass is 9.72. The van der Waals surface area contributed by atoms with Crippen molar-refractivity contribution in [2.24, 2.45) is 5.73 Å². The molecule has 0 amide bonds. The van der Waals surface area contributed by atoms with Crippen molar-refractivity contribution in [3.05, 3.63) is 0 Å². The van der Waals surface area contributed by atoms with Gasteiger partial charge in [-0.2, -0.15) is 0 Å². The Morgan fingerprint density at radius 2 is 2.17 bits per heavy atom. The van der Waals surface area contributed by atoms with Crippen LogP contribution in [0.5, 0.6) is 0 Å². The van der Waals surface area contributed by atoms with Crippen LogP contribution in [0.2, 0.25) is 0 Å². The van der Waals surface area contributed by atoms with Crippen LogP contribution in [-0.4, -0.2) is 31.5 Å². The molecule has 2 fully saturated rings. The van der Waals surface area contributed by atoms with Crippen molar-refractivity contribution in [2.45, 2.75) is 43.4 Å². The van der Waals surface area contributed by atoms with Gasteiger partial charge in [-0.25, -0.2) is 0 Å². The Morgan fingerprint density at radius 1 is 1.42 bits per heavy atom. The van der Waals surface area contributed by atoms with Gasteiger partial charge in [0, 0.05) is 32.6 Å². The highest BCUT2D eigenvalue weighted by Gasteiger charge is 2.47. The fourth-order valence-corrected chi connectivity index (χ4v) is 2.29. The van der Waals surface area contributed by atoms with Gasteiger partial charge in [-0.15, -0.1) is 0 Å². The summed E-state index contributed by atoms with van der Waals surface area (Å²) >= 11 is 0. The van der Waals surface area contributed by atoms with Crippen LogP contribution in [0.25, 0.3) is 0 Å². The SMILES string of the molecule is COC1CC2(CC(N)CCO2)C1. The predicted molar refractivity (Wildman–Crippen MR) is 45.9 cm³/mol. The van der Waals surface area contributed by atoms with Gasteiger partial charge < -0.3 is 15.2 Å². The fraction of sp³-hybridized carbons (Fsp3) is 1.00. The van der Waals surface area contributed by atoms with Crippen molar-refractivity contribution in [3.63, 3.8) is 0 Å². The Bertz CT molecular complexity index is 166. The molecule has 0 bridgehead atoms. The van der Waals surface area contributed by atoms with Crippen LogP contribution in [0.15, 0.2) is 0 Å². The average Bonchev–Trinajstić information content (AvgIpc) is 1.99. The summed E-state index contributed by atoms with van der Waals surface area (Å²) in [6.45, 7) is 0.831. The van der Waals surface area contributed by atoms with Crippen LogP contribution in [0.4, 0.5) is 0 Å². The Labute approximate surface area is 73.2 Å². The number of hydrogen-bond donors (Lipinski definition) is 1. The van der Waals surface area contributed by atoms with E-state index in [1.165, 1.54) is 0 Å². The van der Waals surface area contributed by atoms with Crippen LogP contribution in [0, 0.1) is 0 Å². The van der Waals surface area contributed by atoms with Crippen LogP contribution in [0.3, 0.4) is 0 Å². The Balaban J connectivity index is 1.88. The molecule has 1 heterocycles. The molecular formula is C9H17NO2. The second-order valence-electron chi connectivity index (χ2n) is 4.05. The molecule has 12 heavy (non-hydrogen) atoms. The average molecular weight is 171 g/mol. The summed E-state index contributed by atoms with van der Waals surface area (Å²) in [4.78, 5) is 0. The summed E-state index contributed by atoms with van der Waals surface area (Å²) in [7, 11) is 1.76. The lowest BCUT2D eigenvalue weighted by Gasteiger charge is -2.50. The highest BCUT2D eigenvalue weighted by Crippen LogP contribution is 2.43. The second-order valence-corrected chi connectivity index (χ2v) is 4.05. The highest BCUT2D eigenvalue weighted by molar-refractivity contribution is 5.00. The molecule has 1 saturated heterocycles. The molecule has 0 aromatic heterocycles. The van der Waals surface area contributed by atoms with Crippen LogP contribution >= 0.6 is 0 Å². The van der Waals surface area contributed by atoms with Crippen molar-refractivity contribution in [1.82, 2.24) is 0 Å². The maximum Gasteiger partial charge on any atom is 0.0746 e. The van der Waals surface area contributed by atoms with E-state index < -0.39 is 0 Å². The van der Waals surface area contributed by atoms with E-state index in [9.17, 15) is 0 Å². The minimum Gasteiger partial charge on any atom is -0.381 e. The number of hydrogen-bond acceptors (Lipinski definition) is 3. The molecule has 3 nitrogen and oxygen atoms in total. The summed E-state index contributed by atoms with van der Waals surface area (Å²) in [5.41, 5.74) is 5.98. The molecule has 2 aliphatic rings. The van der Waals surface area contributed by atoms with E-state index >= 15 is 0 Å². The molecule has 0 aromatic rings. The van der Waals surface area contributed by atoms with E-state index in [4.69, 9.17) is 15.2 Å². The maximum atomic E-state index is 5.89. The summed E-state index contributed by atoms with van der Waals surface area (Å²) in [5.74, 6) is 0. The third-order valence-electron chi connectivity index (χ3n) is 3.06. The van der Waals surface area contributed by atoms with Crippen molar-refractivity contribution in [1.29, 1.82) is 0 Å². The Kier molecular flexibility index (Phi) is 2.10. The fourth-order valence-electron chi connectivity index (χ4n) is 2.29. The molecular weight excluding hydrogens is 154 g/mol. The number of nitrogens with two attached hydrogens (primary N) is 1. The molecule has 1 aliphatic carbocycles. The van der Waals surface area contributed by atoms with Gasteiger partial charge in [0.05, 0.1) is 11.7 Å². The monoisotopic (exact) mass is 171 g/mol. The van der Waals surface area contributed by atoms with E-state index in [1.54, 1.807) is 7.11 Å². The molecule has 70 valence electrons. The van der Waals surface area contributed by atoms with Gasteiger partial charge in [-0.1, -0.05) is 0 Å². The van der Waals surface area contributed by atoms with Crippen molar-refractivity contribution in [2.75, 3.05) is 13.7 Å². The zero-order valence-electron chi connectivity index (χ0n) is 7.58. The summed E-state index contributed by atoms with van der Waals surface area (Å²) in [6, 6.07) is 0.344. The largest absolute Gasteiger partial charge is 0.381 e. The van der Waals surface area contributed by atoms with Gasteiger partial charge in [-0.05, 0) is 12.8 Å². The molecule has 1 atom stereocenters. The lowest BCUT2D eigenvalue weighted by Crippen LogP contribution is -2.55. The molecule has 2 rings (SSSR count). The quantitative estimate of drug-likeness (QED) is 0.630. The molecule has 3 heteroatoms. The summed E-state index contributed by atoms with van der Waals surface area (Å²) in [6.07, 6.45) is 4.52. The van der Waals surface area contributed by atoms with E-state index in [2.05, 4.69) is 0 Å². The highest BCUT2D eigenvalue weighted by atomic mass is 16.5. The molecule has 1 aliphatic heterocycles. The zero-order valence-corrected chi connectivity index (χ0v) is 7.58. The van der Waals surface area contributed by atoms with Crippen LogP contribution in [0.1, 0.15) is 25.7 Å². The third-order valence-corrected chi connectivity index (χ3v) is 3.06. The van der Waals surface area contributed by atoms with Crippen LogP contribution in [-0.2, 0) is 9.47 Å². The van der Waals surface area contributed by atoms with E-state index in [0.717, 1.165) is 32.3 Å². The molecule has 0 radical (unpaired) electrons. The second kappa shape index (κ2) is 2.98. The zero-order chi connectivity index (χ0) is 8.60. The maximum absolute atomic E-state index is 5.89. The third kappa shape index (κ3) is 1.37. The van der Waals surface area contributed by atoms with Crippen molar-refractivity contribution < 1.29 is 9.47 Å².